The molecule has 22 heavy (non-hydrogen) atoms. The zero-order valence-corrected chi connectivity index (χ0v) is 16.4. The van der Waals surface area contributed by atoms with Gasteiger partial charge in [-0.2, -0.15) is 0 Å². The molecule has 3 atom stereocenters. The molecule has 2 heterocycles. The molecule has 8 heteroatoms. The Morgan fingerprint density at radius 1 is 1.55 bits per heavy atom. The van der Waals surface area contributed by atoms with Gasteiger partial charge in [0.15, 0.2) is 0 Å². The van der Waals surface area contributed by atoms with Crippen LogP contribution in [0.4, 0.5) is 0 Å². The van der Waals surface area contributed by atoms with Crippen molar-refractivity contribution in [3.8, 4) is 0 Å². The second-order valence-electron chi connectivity index (χ2n) is 5.88. The molecule has 0 aromatic heterocycles. The molecular weight excluding hydrogens is 315 g/mol. The first-order valence-electron chi connectivity index (χ1n) is 7.04. The monoisotopic (exact) mass is 336 g/mol. The molecular formula is C14H21N2NaO4S. The summed E-state index contributed by atoms with van der Waals surface area (Å²) in [5, 5.41) is 20.6. The minimum Gasteiger partial charge on any atom is -0.543 e. The van der Waals surface area contributed by atoms with E-state index in [1.165, 1.54) is 16.7 Å². The molecule has 6 nitrogen and oxygen atoms in total. The molecule has 1 N–H and O–H groups in total. The van der Waals surface area contributed by atoms with E-state index in [1.54, 1.807) is 0 Å². The first kappa shape index (κ1) is 20.0. The van der Waals surface area contributed by atoms with Crippen LogP contribution in [0.2, 0.25) is 0 Å². The van der Waals surface area contributed by atoms with Crippen LogP contribution in [-0.4, -0.2) is 65.8 Å². The molecule has 0 saturated carbocycles. The predicted molar refractivity (Wildman–Crippen MR) is 78.0 cm³/mol. The van der Waals surface area contributed by atoms with Gasteiger partial charge in [0.05, 0.1) is 23.6 Å². The molecule has 0 bridgehead atoms. The van der Waals surface area contributed by atoms with Crippen molar-refractivity contribution < 1.29 is 49.4 Å². The van der Waals surface area contributed by atoms with E-state index in [4.69, 9.17) is 0 Å². The van der Waals surface area contributed by atoms with Gasteiger partial charge in [0.1, 0.15) is 0 Å². The smallest absolute Gasteiger partial charge is 0.543 e. The SMILES string of the molecule is CC(CO)C1C(=O)N2C(C(=O)[O-])=C(SCCN(C)C)CC12.[Na+]. The van der Waals surface area contributed by atoms with Crippen LogP contribution in [0.3, 0.4) is 0 Å². The summed E-state index contributed by atoms with van der Waals surface area (Å²) in [5.41, 5.74) is 0.0372. The summed E-state index contributed by atoms with van der Waals surface area (Å²) >= 11 is 1.48. The average molecular weight is 336 g/mol. The minimum atomic E-state index is -1.28. The quantitative estimate of drug-likeness (QED) is 0.378. The molecule has 1 fully saturated rings. The van der Waals surface area contributed by atoms with Gasteiger partial charge < -0.3 is 24.8 Å². The summed E-state index contributed by atoms with van der Waals surface area (Å²) in [6, 6.07) is -0.130. The molecule has 0 spiro atoms. The van der Waals surface area contributed by atoms with Crippen LogP contribution in [-0.2, 0) is 9.59 Å². The van der Waals surface area contributed by atoms with Crippen LogP contribution in [0, 0.1) is 11.8 Å². The van der Waals surface area contributed by atoms with E-state index in [0.717, 1.165) is 17.2 Å². The molecule has 2 rings (SSSR count). The first-order valence-corrected chi connectivity index (χ1v) is 8.03. The number of rotatable bonds is 7. The van der Waals surface area contributed by atoms with Gasteiger partial charge in [0.25, 0.3) is 0 Å². The van der Waals surface area contributed by atoms with E-state index in [1.807, 2.05) is 25.9 Å². The molecule has 0 aromatic carbocycles. The second-order valence-corrected chi connectivity index (χ2v) is 7.07. The number of carbonyl (C=O) groups excluding carboxylic acids is 2. The zero-order chi connectivity index (χ0) is 15.7. The molecule has 1 amide bonds. The van der Waals surface area contributed by atoms with E-state index < -0.39 is 5.97 Å². The molecule has 3 unspecified atom stereocenters. The van der Waals surface area contributed by atoms with Crippen LogP contribution in [0.5, 0.6) is 0 Å². The number of aliphatic hydroxyl groups is 1. The van der Waals surface area contributed by atoms with Crippen LogP contribution < -0.4 is 34.7 Å². The fourth-order valence-electron chi connectivity index (χ4n) is 2.91. The Bertz CT molecular complexity index is 483. The number of hydrogen-bond acceptors (Lipinski definition) is 6. The van der Waals surface area contributed by atoms with Crippen LogP contribution in [0.25, 0.3) is 0 Å². The maximum atomic E-state index is 12.2. The van der Waals surface area contributed by atoms with Crippen molar-refractivity contribution in [2.75, 3.05) is 33.0 Å². The minimum absolute atomic E-state index is 0. The summed E-state index contributed by atoms with van der Waals surface area (Å²) in [5.74, 6) is -1.14. The van der Waals surface area contributed by atoms with E-state index in [2.05, 4.69) is 0 Å². The van der Waals surface area contributed by atoms with Gasteiger partial charge in [0, 0.05) is 30.2 Å². The van der Waals surface area contributed by atoms with E-state index >= 15 is 0 Å². The van der Waals surface area contributed by atoms with Crippen molar-refractivity contribution >= 4 is 23.6 Å². The van der Waals surface area contributed by atoms with Crippen LogP contribution in [0.15, 0.2) is 10.6 Å². The number of β-lactam (4-membered cyclic amide) rings is 1. The fraction of sp³-hybridized carbons (Fsp3) is 0.714. The number of nitrogens with zero attached hydrogens (tertiary/aromatic N) is 2. The Morgan fingerprint density at radius 2 is 2.18 bits per heavy atom. The number of carboxylic acids is 1. The molecule has 0 aromatic rings. The number of thioether (sulfide) groups is 1. The number of carboxylic acid groups (broad SMARTS) is 1. The summed E-state index contributed by atoms with van der Waals surface area (Å²) in [6.45, 7) is 2.59. The Hall–Kier alpha value is -0.0500. The summed E-state index contributed by atoms with van der Waals surface area (Å²) in [6.07, 6.45) is 0.558. The number of hydrogen-bond donors (Lipinski definition) is 1. The average Bonchev–Trinajstić information content (AvgIpc) is 2.73. The molecule has 0 aliphatic carbocycles. The predicted octanol–water partition coefficient (Wildman–Crippen LogP) is -3.89. The van der Waals surface area contributed by atoms with Crippen LogP contribution >= 0.6 is 11.8 Å². The molecule has 2 aliphatic rings. The van der Waals surface area contributed by atoms with E-state index in [9.17, 15) is 19.8 Å². The molecule has 2 aliphatic heterocycles. The zero-order valence-electron chi connectivity index (χ0n) is 13.5. The Kier molecular flexibility index (Phi) is 7.42. The van der Waals surface area contributed by atoms with Gasteiger partial charge in [-0.25, -0.2) is 0 Å². The Morgan fingerprint density at radius 3 is 2.68 bits per heavy atom. The van der Waals surface area contributed by atoms with E-state index in [-0.39, 0.29) is 65.6 Å². The summed E-state index contributed by atoms with van der Waals surface area (Å²) in [7, 11) is 3.91. The normalized spacial score (nSPS) is 25.0. The Labute approximate surface area is 157 Å². The molecule has 1 saturated heterocycles. The topological polar surface area (TPSA) is 83.9 Å². The third-order valence-corrected chi connectivity index (χ3v) is 5.17. The molecule has 0 radical (unpaired) electrons. The number of carbonyl (C=O) groups is 2. The van der Waals surface area contributed by atoms with Crippen molar-refractivity contribution in [1.29, 1.82) is 0 Å². The van der Waals surface area contributed by atoms with Crippen LogP contribution in [0.1, 0.15) is 13.3 Å². The summed E-state index contributed by atoms with van der Waals surface area (Å²) < 4.78 is 0. The van der Waals surface area contributed by atoms with Gasteiger partial charge in [0.2, 0.25) is 5.91 Å². The van der Waals surface area contributed by atoms with Crippen molar-refractivity contribution in [1.82, 2.24) is 9.80 Å². The number of aliphatic carboxylic acids is 1. The first-order chi connectivity index (χ1) is 9.88. The summed E-state index contributed by atoms with van der Waals surface area (Å²) in [4.78, 5) is 27.6. The van der Waals surface area contributed by atoms with Crippen molar-refractivity contribution in [2.24, 2.45) is 11.8 Å². The van der Waals surface area contributed by atoms with Crippen molar-refractivity contribution in [3.05, 3.63) is 10.6 Å². The number of amides is 1. The van der Waals surface area contributed by atoms with Gasteiger partial charge in [-0.3, -0.25) is 4.79 Å². The number of aliphatic hydroxyl groups excluding tert-OH is 1. The van der Waals surface area contributed by atoms with E-state index in [0.29, 0.717) is 6.42 Å². The standard InChI is InChI=1S/C14H22N2O4S.Na/c1-8(7-17)11-9-6-10(21-5-4-15(2)3)12(14(19)20)16(9)13(11)18;/h8-9,11,17H,4-7H2,1-3H3,(H,19,20);/q;+1/p-1. The van der Waals surface area contributed by atoms with Crippen molar-refractivity contribution in [3.63, 3.8) is 0 Å². The molecule has 118 valence electrons. The second kappa shape index (κ2) is 8.17. The van der Waals surface area contributed by atoms with Gasteiger partial charge in [-0.1, -0.05) is 6.92 Å². The largest absolute Gasteiger partial charge is 1.00 e. The fourth-order valence-corrected chi connectivity index (χ4v) is 4.22. The third-order valence-electron chi connectivity index (χ3n) is 4.08. The maximum Gasteiger partial charge on any atom is 1.00 e. The Balaban J connectivity index is 0.00000242. The number of fused-ring (bicyclic) bond motifs is 1. The maximum absolute atomic E-state index is 12.2. The van der Waals surface area contributed by atoms with Crippen molar-refractivity contribution in [2.45, 2.75) is 19.4 Å². The van der Waals surface area contributed by atoms with Gasteiger partial charge in [-0.05, 0) is 20.0 Å². The van der Waals surface area contributed by atoms with Gasteiger partial charge in [-0.15, -0.1) is 11.8 Å². The van der Waals surface area contributed by atoms with Gasteiger partial charge >= 0.3 is 29.6 Å². The third kappa shape index (κ3) is 3.71.